The lowest BCUT2D eigenvalue weighted by Gasteiger charge is -2.20. The Bertz CT molecular complexity index is 885. The van der Waals surface area contributed by atoms with E-state index in [2.05, 4.69) is 18.2 Å². The highest BCUT2D eigenvalue weighted by molar-refractivity contribution is 5.54. The van der Waals surface area contributed by atoms with Crippen molar-refractivity contribution in [1.82, 2.24) is 0 Å². The molecule has 2 aromatic carbocycles. The molecule has 0 N–H and O–H groups in total. The fourth-order valence-corrected chi connectivity index (χ4v) is 4.86. The summed E-state index contributed by atoms with van der Waals surface area (Å²) in [5, 5.41) is 0. The first-order chi connectivity index (χ1) is 14.2. The van der Waals surface area contributed by atoms with Crippen LogP contribution in [0.15, 0.2) is 30.3 Å². The van der Waals surface area contributed by atoms with Crippen molar-refractivity contribution in [2.24, 2.45) is 11.8 Å². The van der Waals surface area contributed by atoms with E-state index in [1.165, 1.54) is 11.1 Å². The molecule has 5 rings (SSSR count). The molecule has 2 saturated heterocycles. The van der Waals surface area contributed by atoms with Crippen LogP contribution in [0.5, 0.6) is 23.0 Å². The quantitative estimate of drug-likeness (QED) is 0.765. The average molecular weight is 398 g/mol. The van der Waals surface area contributed by atoms with E-state index < -0.39 is 0 Å². The second-order valence-corrected chi connectivity index (χ2v) is 7.76. The maximum Gasteiger partial charge on any atom is 0.203 e. The maximum absolute atomic E-state index is 6.26. The van der Waals surface area contributed by atoms with E-state index in [0.717, 1.165) is 24.3 Å². The third-order valence-corrected chi connectivity index (χ3v) is 6.33. The fraction of sp³-hybridized carbons (Fsp3) is 0.478. The van der Waals surface area contributed by atoms with Gasteiger partial charge in [0.2, 0.25) is 5.75 Å². The molecule has 3 heterocycles. The summed E-state index contributed by atoms with van der Waals surface area (Å²) in [6, 6.07) is 10.4. The van der Waals surface area contributed by atoms with Crippen LogP contribution in [-0.4, -0.2) is 41.2 Å². The fourth-order valence-electron chi connectivity index (χ4n) is 4.86. The molecule has 0 saturated carbocycles. The number of hydrogen-bond donors (Lipinski definition) is 0. The third-order valence-electron chi connectivity index (χ3n) is 6.33. The summed E-state index contributed by atoms with van der Waals surface area (Å²) in [4.78, 5) is 0. The Kier molecular flexibility index (Phi) is 4.76. The zero-order valence-corrected chi connectivity index (χ0v) is 17.0. The molecule has 3 aliphatic rings. The van der Waals surface area contributed by atoms with E-state index in [4.69, 9.17) is 28.4 Å². The van der Waals surface area contributed by atoms with E-state index in [0.29, 0.717) is 36.4 Å². The van der Waals surface area contributed by atoms with E-state index >= 15 is 0 Å². The van der Waals surface area contributed by atoms with E-state index in [1.54, 1.807) is 21.3 Å². The number of methoxy groups -OCH3 is 3. The average Bonchev–Trinajstić information content (AvgIpc) is 3.47. The van der Waals surface area contributed by atoms with Crippen LogP contribution >= 0.6 is 0 Å². The largest absolute Gasteiger partial charge is 0.493 e. The topological polar surface area (TPSA) is 55.4 Å². The monoisotopic (exact) mass is 398 g/mol. The van der Waals surface area contributed by atoms with Crippen molar-refractivity contribution < 1.29 is 28.4 Å². The highest BCUT2D eigenvalue weighted by atomic mass is 16.5. The van der Waals surface area contributed by atoms with Gasteiger partial charge in [0.15, 0.2) is 11.5 Å². The molecule has 0 unspecified atom stereocenters. The van der Waals surface area contributed by atoms with Gasteiger partial charge >= 0.3 is 0 Å². The molecule has 0 amide bonds. The number of benzene rings is 2. The number of hydrogen-bond acceptors (Lipinski definition) is 6. The minimum Gasteiger partial charge on any atom is -0.493 e. The molecule has 3 aliphatic heterocycles. The molecule has 0 bridgehead atoms. The van der Waals surface area contributed by atoms with Gasteiger partial charge in [-0.05, 0) is 34.9 Å². The Morgan fingerprint density at radius 2 is 1.45 bits per heavy atom. The van der Waals surface area contributed by atoms with Gasteiger partial charge in [-0.2, -0.15) is 0 Å². The van der Waals surface area contributed by atoms with Crippen LogP contribution in [-0.2, 0) is 15.9 Å². The molecule has 154 valence electrons. The van der Waals surface area contributed by atoms with E-state index in [1.807, 2.05) is 12.1 Å². The second kappa shape index (κ2) is 7.43. The molecular weight excluding hydrogens is 372 g/mol. The molecule has 0 spiro atoms. The lowest BCUT2D eigenvalue weighted by molar-refractivity contribution is 0.0191. The Morgan fingerprint density at radius 3 is 2.07 bits per heavy atom. The summed E-state index contributed by atoms with van der Waals surface area (Å²) >= 11 is 0. The summed E-state index contributed by atoms with van der Waals surface area (Å²) < 4.78 is 34.7. The zero-order chi connectivity index (χ0) is 20.0. The van der Waals surface area contributed by atoms with Crippen molar-refractivity contribution >= 4 is 0 Å². The standard InChI is InChI=1S/C23H26O6/c1-24-19-9-15(10-20(25-2)23(19)26-3)22-17-12-28-21(16(17)11-29-22)14-5-4-13-6-7-27-18(13)8-14/h4-5,8-10,16-17,21-22H,6-7,11-12H2,1-3H3/t16-,17-,21+,22+/m0/s1. The first-order valence-electron chi connectivity index (χ1n) is 10.0. The Labute approximate surface area is 170 Å². The normalized spacial score (nSPS) is 27.3. The molecule has 29 heavy (non-hydrogen) atoms. The van der Waals surface area contributed by atoms with E-state index in [9.17, 15) is 0 Å². The lowest BCUT2D eigenvalue weighted by Crippen LogP contribution is -2.15. The van der Waals surface area contributed by atoms with Crippen LogP contribution in [0.2, 0.25) is 0 Å². The highest BCUT2D eigenvalue weighted by Gasteiger charge is 2.48. The Hall–Kier alpha value is -2.44. The Balaban J connectivity index is 1.42. The lowest BCUT2D eigenvalue weighted by atomic mass is 9.84. The van der Waals surface area contributed by atoms with Gasteiger partial charge in [0, 0.05) is 18.3 Å². The molecule has 2 aromatic rings. The van der Waals surface area contributed by atoms with Crippen LogP contribution in [0.25, 0.3) is 0 Å². The van der Waals surface area contributed by atoms with Gasteiger partial charge in [-0.1, -0.05) is 12.1 Å². The summed E-state index contributed by atoms with van der Waals surface area (Å²) in [6.45, 7) is 2.09. The van der Waals surface area contributed by atoms with Crippen LogP contribution in [0.3, 0.4) is 0 Å². The van der Waals surface area contributed by atoms with Crippen molar-refractivity contribution in [3.63, 3.8) is 0 Å². The first kappa shape index (κ1) is 18.6. The van der Waals surface area contributed by atoms with Crippen molar-refractivity contribution in [3.8, 4) is 23.0 Å². The van der Waals surface area contributed by atoms with E-state index in [-0.39, 0.29) is 18.1 Å². The molecule has 0 aliphatic carbocycles. The van der Waals surface area contributed by atoms with Crippen LogP contribution < -0.4 is 18.9 Å². The molecule has 0 aromatic heterocycles. The van der Waals surface area contributed by atoms with Crippen molar-refractivity contribution in [2.75, 3.05) is 41.2 Å². The number of ether oxygens (including phenoxy) is 6. The highest BCUT2D eigenvalue weighted by Crippen LogP contribution is 2.52. The van der Waals surface area contributed by atoms with Crippen molar-refractivity contribution in [1.29, 1.82) is 0 Å². The molecule has 6 nitrogen and oxygen atoms in total. The number of rotatable bonds is 5. The van der Waals surface area contributed by atoms with Gasteiger partial charge in [-0.3, -0.25) is 0 Å². The zero-order valence-electron chi connectivity index (χ0n) is 17.0. The molecule has 0 radical (unpaired) electrons. The minimum atomic E-state index is -0.0654. The van der Waals surface area contributed by atoms with Gasteiger partial charge in [0.05, 0.1) is 53.4 Å². The smallest absolute Gasteiger partial charge is 0.203 e. The maximum atomic E-state index is 6.26. The summed E-state index contributed by atoms with van der Waals surface area (Å²) in [5.74, 6) is 3.44. The second-order valence-electron chi connectivity index (χ2n) is 7.76. The van der Waals surface area contributed by atoms with Crippen molar-refractivity contribution in [3.05, 3.63) is 47.0 Å². The van der Waals surface area contributed by atoms with Gasteiger partial charge in [0.25, 0.3) is 0 Å². The van der Waals surface area contributed by atoms with Gasteiger partial charge in [-0.25, -0.2) is 0 Å². The Morgan fingerprint density at radius 1 is 0.793 bits per heavy atom. The van der Waals surface area contributed by atoms with Crippen LogP contribution in [0.4, 0.5) is 0 Å². The molecule has 6 heteroatoms. The molecular formula is C23H26O6. The van der Waals surface area contributed by atoms with Gasteiger partial charge in [-0.15, -0.1) is 0 Å². The minimum absolute atomic E-state index is 0.0292. The molecule has 2 fully saturated rings. The molecule has 4 atom stereocenters. The predicted octanol–water partition coefficient (Wildman–Crippen LogP) is 3.72. The first-order valence-corrected chi connectivity index (χ1v) is 10.0. The SMILES string of the molecule is COc1cc([C@H]2OC[C@H]3[C@@H]2CO[C@@H]3c2ccc3c(c2)OCC3)cc(OC)c1OC. The predicted molar refractivity (Wildman–Crippen MR) is 106 cm³/mol. The summed E-state index contributed by atoms with van der Waals surface area (Å²) in [7, 11) is 4.87. The van der Waals surface area contributed by atoms with Gasteiger partial charge < -0.3 is 28.4 Å². The third kappa shape index (κ3) is 3.02. The summed E-state index contributed by atoms with van der Waals surface area (Å²) in [5.41, 5.74) is 3.47. The summed E-state index contributed by atoms with van der Waals surface area (Å²) in [6.07, 6.45) is 0.949. The van der Waals surface area contributed by atoms with Crippen LogP contribution in [0, 0.1) is 11.8 Å². The van der Waals surface area contributed by atoms with Gasteiger partial charge in [0.1, 0.15) is 5.75 Å². The van der Waals surface area contributed by atoms with Crippen molar-refractivity contribution in [2.45, 2.75) is 18.6 Å². The number of fused-ring (bicyclic) bond motifs is 2. The van der Waals surface area contributed by atoms with Crippen LogP contribution in [0.1, 0.15) is 28.9 Å².